The molecule has 0 aliphatic carbocycles. The Labute approximate surface area is 172 Å². The Kier molecular flexibility index (Phi) is 6.40. The molecule has 1 atom stereocenters. The van der Waals surface area contributed by atoms with Crippen molar-refractivity contribution >= 4 is 17.2 Å². The number of carbonyl (C=O) groups excluding carboxylic acids is 1. The number of amides is 1. The van der Waals surface area contributed by atoms with Crippen molar-refractivity contribution in [2.24, 2.45) is 5.92 Å². The molecule has 0 radical (unpaired) electrons. The molecule has 1 amide bonds. The van der Waals surface area contributed by atoms with Gasteiger partial charge in [0.05, 0.1) is 12.2 Å². The third-order valence-electron chi connectivity index (χ3n) is 5.79. The Morgan fingerprint density at radius 3 is 2.61 bits per heavy atom. The summed E-state index contributed by atoms with van der Waals surface area (Å²) >= 11 is 1.72. The maximum atomic E-state index is 12.6. The van der Waals surface area contributed by atoms with Gasteiger partial charge in [-0.05, 0) is 18.8 Å². The monoisotopic (exact) mass is 398 g/mol. The van der Waals surface area contributed by atoms with Crippen LogP contribution >= 0.6 is 11.3 Å². The summed E-state index contributed by atoms with van der Waals surface area (Å²) in [6.07, 6.45) is 2.41. The number of benzene rings is 1. The number of aromatic nitrogens is 1. The van der Waals surface area contributed by atoms with Crippen molar-refractivity contribution in [2.45, 2.75) is 26.3 Å². The Morgan fingerprint density at radius 2 is 1.86 bits per heavy atom. The van der Waals surface area contributed by atoms with Crippen LogP contribution in [0.2, 0.25) is 0 Å². The average molecular weight is 399 g/mol. The number of rotatable bonds is 5. The molecule has 6 heteroatoms. The van der Waals surface area contributed by atoms with Gasteiger partial charge in [-0.2, -0.15) is 0 Å². The SMILES string of the molecule is CC1CCCN(C(=O)CN2CCN(Cc3csc(-c4ccccc4)n3)CC2)C1. The van der Waals surface area contributed by atoms with Gasteiger partial charge in [0, 0.05) is 56.8 Å². The Morgan fingerprint density at radius 1 is 1.11 bits per heavy atom. The summed E-state index contributed by atoms with van der Waals surface area (Å²) in [5.41, 5.74) is 2.34. The van der Waals surface area contributed by atoms with Crippen molar-refractivity contribution in [3.63, 3.8) is 0 Å². The zero-order valence-electron chi connectivity index (χ0n) is 16.7. The van der Waals surface area contributed by atoms with Crippen LogP contribution in [0.15, 0.2) is 35.7 Å². The number of thiazole rings is 1. The molecule has 4 rings (SSSR count). The fraction of sp³-hybridized carbons (Fsp3) is 0.545. The highest BCUT2D eigenvalue weighted by atomic mass is 32.1. The summed E-state index contributed by atoms with van der Waals surface area (Å²) in [5.74, 6) is 0.959. The van der Waals surface area contributed by atoms with Gasteiger partial charge in [0.25, 0.3) is 0 Å². The summed E-state index contributed by atoms with van der Waals surface area (Å²) in [4.78, 5) is 24.2. The molecular formula is C22H30N4OS. The topological polar surface area (TPSA) is 39.7 Å². The summed E-state index contributed by atoms with van der Waals surface area (Å²) < 4.78 is 0. The lowest BCUT2D eigenvalue weighted by molar-refractivity contribution is -0.134. The molecule has 0 bridgehead atoms. The third-order valence-corrected chi connectivity index (χ3v) is 6.73. The zero-order chi connectivity index (χ0) is 19.3. The molecule has 1 aromatic heterocycles. The molecule has 1 unspecified atom stereocenters. The summed E-state index contributed by atoms with van der Waals surface area (Å²) in [7, 11) is 0. The third kappa shape index (κ3) is 4.99. The van der Waals surface area contributed by atoms with Gasteiger partial charge in [0.1, 0.15) is 5.01 Å². The van der Waals surface area contributed by atoms with Crippen molar-refractivity contribution in [1.82, 2.24) is 19.7 Å². The Balaban J connectivity index is 1.23. The van der Waals surface area contributed by atoms with Gasteiger partial charge >= 0.3 is 0 Å². The van der Waals surface area contributed by atoms with Gasteiger partial charge in [-0.3, -0.25) is 14.6 Å². The number of carbonyl (C=O) groups is 1. The number of piperazine rings is 1. The van der Waals surface area contributed by atoms with E-state index in [1.54, 1.807) is 11.3 Å². The molecular weight excluding hydrogens is 368 g/mol. The number of hydrogen-bond acceptors (Lipinski definition) is 5. The van der Waals surface area contributed by atoms with Crippen LogP contribution in [-0.2, 0) is 11.3 Å². The van der Waals surface area contributed by atoms with E-state index in [-0.39, 0.29) is 0 Å². The van der Waals surface area contributed by atoms with E-state index >= 15 is 0 Å². The van der Waals surface area contributed by atoms with Gasteiger partial charge < -0.3 is 4.90 Å². The van der Waals surface area contributed by atoms with Gasteiger partial charge in [0.2, 0.25) is 5.91 Å². The highest BCUT2D eigenvalue weighted by Crippen LogP contribution is 2.24. The molecule has 5 nitrogen and oxygen atoms in total. The molecule has 1 aromatic carbocycles. The van der Waals surface area contributed by atoms with E-state index in [9.17, 15) is 4.79 Å². The first-order valence-corrected chi connectivity index (χ1v) is 11.3. The molecule has 2 fully saturated rings. The highest BCUT2D eigenvalue weighted by Gasteiger charge is 2.25. The second-order valence-corrected chi connectivity index (χ2v) is 9.01. The van der Waals surface area contributed by atoms with Crippen molar-refractivity contribution in [1.29, 1.82) is 0 Å². The first-order chi connectivity index (χ1) is 13.7. The lowest BCUT2D eigenvalue weighted by Gasteiger charge is -2.36. The quantitative estimate of drug-likeness (QED) is 0.776. The van der Waals surface area contributed by atoms with E-state index < -0.39 is 0 Å². The molecule has 0 saturated carbocycles. The maximum Gasteiger partial charge on any atom is 0.236 e. The van der Waals surface area contributed by atoms with E-state index in [4.69, 9.17) is 4.98 Å². The maximum absolute atomic E-state index is 12.6. The predicted octanol–water partition coefficient (Wildman–Crippen LogP) is 3.19. The van der Waals surface area contributed by atoms with Crippen molar-refractivity contribution in [3.8, 4) is 10.6 Å². The lowest BCUT2D eigenvalue weighted by atomic mass is 10.0. The molecule has 0 spiro atoms. The van der Waals surface area contributed by atoms with Gasteiger partial charge in [-0.25, -0.2) is 4.98 Å². The van der Waals surface area contributed by atoms with Crippen LogP contribution in [0.25, 0.3) is 10.6 Å². The van der Waals surface area contributed by atoms with Crippen LogP contribution in [0.1, 0.15) is 25.5 Å². The molecule has 2 aromatic rings. The predicted molar refractivity (Wildman–Crippen MR) is 114 cm³/mol. The molecule has 2 aliphatic heterocycles. The average Bonchev–Trinajstić information content (AvgIpc) is 3.19. The number of hydrogen-bond donors (Lipinski definition) is 0. The van der Waals surface area contributed by atoms with E-state index in [0.29, 0.717) is 18.4 Å². The van der Waals surface area contributed by atoms with E-state index in [1.807, 2.05) is 6.07 Å². The van der Waals surface area contributed by atoms with Crippen LogP contribution in [0.5, 0.6) is 0 Å². The van der Waals surface area contributed by atoms with Crippen molar-refractivity contribution < 1.29 is 4.79 Å². The molecule has 3 heterocycles. The molecule has 0 N–H and O–H groups in total. The first kappa shape index (κ1) is 19.6. The smallest absolute Gasteiger partial charge is 0.236 e. The standard InChI is InChI=1S/C22H30N4OS/c1-18-6-5-9-26(14-18)21(27)16-25-12-10-24(11-13-25)15-20-17-28-22(23-20)19-7-3-2-4-8-19/h2-4,7-8,17-18H,5-6,9-16H2,1H3. The van der Waals surface area contributed by atoms with Crippen LogP contribution in [0, 0.1) is 5.92 Å². The molecule has 2 saturated heterocycles. The Hall–Kier alpha value is -1.76. The van der Waals surface area contributed by atoms with Gasteiger partial charge in [-0.1, -0.05) is 37.3 Å². The largest absolute Gasteiger partial charge is 0.341 e. The van der Waals surface area contributed by atoms with Crippen LogP contribution in [-0.4, -0.2) is 71.4 Å². The second kappa shape index (κ2) is 9.16. The van der Waals surface area contributed by atoms with E-state index in [0.717, 1.165) is 62.9 Å². The number of nitrogens with zero attached hydrogens (tertiary/aromatic N) is 4. The highest BCUT2D eigenvalue weighted by molar-refractivity contribution is 7.13. The van der Waals surface area contributed by atoms with Gasteiger partial charge in [-0.15, -0.1) is 11.3 Å². The second-order valence-electron chi connectivity index (χ2n) is 8.15. The van der Waals surface area contributed by atoms with Crippen molar-refractivity contribution in [3.05, 3.63) is 41.4 Å². The number of piperidine rings is 1. The van der Waals surface area contributed by atoms with E-state index in [1.165, 1.54) is 12.0 Å². The molecule has 150 valence electrons. The molecule has 28 heavy (non-hydrogen) atoms. The zero-order valence-corrected chi connectivity index (χ0v) is 17.5. The fourth-order valence-electron chi connectivity index (χ4n) is 4.13. The van der Waals surface area contributed by atoms with Crippen LogP contribution in [0.3, 0.4) is 0 Å². The minimum absolute atomic E-state index is 0.312. The first-order valence-electron chi connectivity index (χ1n) is 10.4. The van der Waals surface area contributed by atoms with Gasteiger partial charge in [0.15, 0.2) is 0 Å². The summed E-state index contributed by atoms with van der Waals surface area (Å²) in [6, 6.07) is 10.4. The van der Waals surface area contributed by atoms with E-state index in [2.05, 4.69) is 51.3 Å². The summed E-state index contributed by atoms with van der Waals surface area (Å²) in [6.45, 7) is 9.53. The van der Waals surface area contributed by atoms with Crippen molar-refractivity contribution in [2.75, 3.05) is 45.8 Å². The summed E-state index contributed by atoms with van der Waals surface area (Å²) in [5, 5.41) is 3.27. The van der Waals surface area contributed by atoms with Crippen LogP contribution in [0.4, 0.5) is 0 Å². The fourth-order valence-corrected chi connectivity index (χ4v) is 4.95. The number of likely N-dealkylation sites (tertiary alicyclic amines) is 1. The van der Waals surface area contributed by atoms with Crippen LogP contribution < -0.4 is 0 Å². The Bertz CT molecular complexity index is 770. The normalized spacial score (nSPS) is 21.8. The molecule has 2 aliphatic rings. The minimum Gasteiger partial charge on any atom is -0.341 e. The minimum atomic E-state index is 0.312. The lowest BCUT2D eigenvalue weighted by Crippen LogP contribution is -2.50.